The third-order valence-electron chi connectivity index (χ3n) is 3.16. The molecule has 2 N–H and O–H groups in total. The Labute approximate surface area is 118 Å². The smallest absolute Gasteiger partial charge is 0.252 e. The van der Waals surface area contributed by atoms with E-state index in [0.717, 1.165) is 25.3 Å². The van der Waals surface area contributed by atoms with E-state index in [9.17, 15) is 4.79 Å². The van der Waals surface area contributed by atoms with E-state index in [2.05, 4.69) is 22.5 Å². The Balaban J connectivity index is 1.81. The predicted molar refractivity (Wildman–Crippen MR) is 80.8 cm³/mol. The van der Waals surface area contributed by atoms with Crippen LogP contribution in [0.15, 0.2) is 18.3 Å². The topological polar surface area (TPSA) is 54.0 Å². The number of carbonyl (C=O) groups excluding carboxylic acids is 1. The Kier molecular flexibility index (Phi) is 5.51. The standard InChI is InChI=1S/C14H21N3OS/c1-2-6-15-13-4-3-12(9-16-13)14(18)17-8-11-5-7-19-10-11/h3-4,9,11H,2,5-8,10H2,1H3,(H,15,16)(H,17,18). The van der Waals surface area contributed by atoms with Crippen molar-refractivity contribution >= 4 is 23.5 Å². The van der Waals surface area contributed by atoms with Gasteiger partial charge in [0.1, 0.15) is 5.82 Å². The number of rotatable bonds is 6. The maximum Gasteiger partial charge on any atom is 0.252 e. The first-order valence-electron chi connectivity index (χ1n) is 6.85. The van der Waals surface area contributed by atoms with Crippen LogP contribution in [0, 0.1) is 5.92 Å². The van der Waals surface area contributed by atoms with Crippen LogP contribution < -0.4 is 10.6 Å². The van der Waals surface area contributed by atoms with Gasteiger partial charge in [0.15, 0.2) is 0 Å². The molecule has 1 fully saturated rings. The lowest BCUT2D eigenvalue weighted by Gasteiger charge is -2.10. The number of hydrogen-bond donors (Lipinski definition) is 2. The fraction of sp³-hybridized carbons (Fsp3) is 0.571. The molecule has 0 saturated carbocycles. The first kappa shape index (κ1) is 14.2. The van der Waals surface area contributed by atoms with Crippen molar-refractivity contribution in [1.29, 1.82) is 0 Å². The Hall–Kier alpha value is -1.23. The van der Waals surface area contributed by atoms with E-state index in [4.69, 9.17) is 0 Å². The molecule has 104 valence electrons. The fourth-order valence-corrected chi connectivity index (χ4v) is 3.25. The largest absolute Gasteiger partial charge is 0.370 e. The van der Waals surface area contributed by atoms with E-state index < -0.39 is 0 Å². The zero-order valence-electron chi connectivity index (χ0n) is 11.3. The summed E-state index contributed by atoms with van der Waals surface area (Å²) in [5, 5.41) is 6.18. The highest BCUT2D eigenvalue weighted by Gasteiger charge is 2.16. The molecule has 1 aromatic rings. The maximum absolute atomic E-state index is 11.9. The highest BCUT2D eigenvalue weighted by Crippen LogP contribution is 2.22. The van der Waals surface area contributed by atoms with Gasteiger partial charge in [0, 0.05) is 19.3 Å². The zero-order chi connectivity index (χ0) is 13.5. The number of amides is 1. The van der Waals surface area contributed by atoms with Gasteiger partial charge in [-0.2, -0.15) is 11.8 Å². The molecule has 4 nitrogen and oxygen atoms in total. The first-order chi connectivity index (χ1) is 9.29. The minimum absolute atomic E-state index is 0.0218. The van der Waals surface area contributed by atoms with Gasteiger partial charge in [-0.05, 0) is 42.4 Å². The molecule has 1 saturated heterocycles. The van der Waals surface area contributed by atoms with Gasteiger partial charge >= 0.3 is 0 Å². The van der Waals surface area contributed by atoms with Crippen molar-refractivity contribution in [2.24, 2.45) is 5.92 Å². The van der Waals surface area contributed by atoms with Gasteiger partial charge in [-0.3, -0.25) is 4.79 Å². The van der Waals surface area contributed by atoms with Crippen LogP contribution in [-0.4, -0.2) is 35.5 Å². The van der Waals surface area contributed by atoms with E-state index in [1.54, 1.807) is 6.20 Å². The van der Waals surface area contributed by atoms with Crippen molar-refractivity contribution in [3.63, 3.8) is 0 Å². The quantitative estimate of drug-likeness (QED) is 0.839. The van der Waals surface area contributed by atoms with Gasteiger partial charge in [-0.15, -0.1) is 0 Å². The van der Waals surface area contributed by atoms with Crippen LogP contribution in [0.1, 0.15) is 30.1 Å². The molecule has 0 radical (unpaired) electrons. The predicted octanol–water partition coefficient (Wildman–Crippen LogP) is 2.39. The summed E-state index contributed by atoms with van der Waals surface area (Å²) < 4.78 is 0. The van der Waals surface area contributed by atoms with Gasteiger partial charge < -0.3 is 10.6 Å². The van der Waals surface area contributed by atoms with Crippen molar-refractivity contribution < 1.29 is 4.79 Å². The molecule has 0 aromatic carbocycles. The fourth-order valence-electron chi connectivity index (χ4n) is 1.97. The molecule has 1 aromatic heterocycles. The second kappa shape index (κ2) is 7.38. The second-order valence-electron chi connectivity index (χ2n) is 4.80. The van der Waals surface area contributed by atoms with Crippen molar-refractivity contribution in [2.45, 2.75) is 19.8 Å². The normalized spacial score (nSPS) is 18.3. The molecule has 1 aliphatic heterocycles. The Bertz CT molecular complexity index is 402. The molecule has 1 unspecified atom stereocenters. The van der Waals surface area contributed by atoms with E-state index in [-0.39, 0.29) is 5.91 Å². The van der Waals surface area contributed by atoms with E-state index >= 15 is 0 Å². The van der Waals surface area contributed by atoms with Gasteiger partial charge in [-0.1, -0.05) is 6.92 Å². The van der Waals surface area contributed by atoms with E-state index in [1.165, 1.54) is 17.9 Å². The lowest BCUT2D eigenvalue weighted by atomic mass is 10.1. The molecule has 0 spiro atoms. The highest BCUT2D eigenvalue weighted by atomic mass is 32.2. The number of carbonyl (C=O) groups is 1. The Morgan fingerprint density at radius 1 is 1.53 bits per heavy atom. The summed E-state index contributed by atoms with van der Waals surface area (Å²) in [5.41, 5.74) is 0.632. The summed E-state index contributed by atoms with van der Waals surface area (Å²) in [4.78, 5) is 16.2. The number of nitrogens with one attached hydrogen (secondary N) is 2. The molecule has 1 amide bonds. The molecular weight excluding hydrogens is 258 g/mol. The number of aromatic nitrogens is 1. The lowest BCUT2D eigenvalue weighted by Crippen LogP contribution is -2.29. The van der Waals surface area contributed by atoms with E-state index in [0.29, 0.717) is 11.5 Å². The maximum atomic E-state index is 11.9. The molecule has 2 heterocycles. The number of nitrogens with zero attached hydrogens (tertiary/aromatic N) is 1. The van der Waals surface area contributed by atoms with Crippen molar-refractivity contribution in [3.05, 3.63) is 23.9 Å². The number of pyridine rings is 1. The van der Waals surface area contributed by atoms with Crippen LogP contribution in [0.2, 0.25) is 0 Å². The van der Waals surface area contributed by atoms with Crippen LogP contribution in [0.4, 0.5) is 5.82 Å². The molecular formula is C14H21N3OS. The zero-order valence-corrected chi connectivity index (χ0v) is 12.1. The average molecular weight is 279 g/mol. The highest BCUT2D eigenvalue weighted by molar-refractivity contribution is 7.99. The Morgan fingerprint density at radius 3 is 3.05 bits per heavy atom. The SMILES string of the molecule is CCCNc1ccc(C(=O)NCC2CCSC2)cn1. The third-order valence-corrected chi connectivity index (χ3v) is 4.39. The van der Waals surface area contributed by atoms with Crippen LogP contribution in [0.3, 0.4) is 0 Å². The molecule has 1 atom stereocenters. The molecule has 2 rings (SSSR count). The second-order valence-corrected chi connectivity index (χ2v) is 5.95. The van der Waals surface area contributed by atoms with Gasteiger partial charge in [-0.25, -0.2) is 4.98 Å². The van der Waals surface area contributed by atoms with Crippen LogP contribution in [0.25, 0.3) is 0 Å². The van der Waals surface area contributed by atoms with Crippen molar-refractivity contribution in [2.75, 3.05) is 29.9 Å². The van der Waals surface area contributed by atoms with Crippen molar-refractivity contribution in [1.82, 2.24) is 10.3 Å². The molecule has 19 heavy (non-hydrogen) atoms. The lowest BCUT2D eigenvalue weighted by molar-refractivity contribution is 0.0948. The van der Waals surface area contributed by atoms with E-state index in [1.807, 2.05) is 23.9 Å². The molecule has 1 aliphatic rings. The summed E-state index contributed by atoms with van der Waals surface area (Å²) in [6.07, 6.45) is 3.91. The average Bonchev–Trinajstić information content (AvgIpc) is 2.96. The monoisotopic (exact) mass is 279 g/mol. The van der Waals surface area contributed by atoms with Crippen LogP contribution in [0.5, 0.6) is 0 Å². The van der Waals surface area contributed by atoms with Gasteiger partial charge in [0.05, 0.1) is 5.56 Å². The summed E-state index contributed by atoms with van der Waals surface area (Å²) in [6, 6.07) is 3.68. The third kappa shape index (κ3) is 4.42. The Morgan fingerprint density at radius 2 is 2.42 bits per heavy atom. The summed E-state index contributed by atoms with van der Waals surface area (Å²) in [6.45, 7) is 3.79. The number of anilines is 1. The minimum Gasteiger partial charge on any atom is -0.370 e. The molecule has 0 aliphatic carbocycles. The van der Waals surface area contributed by atoms with Crippen molar-refractivity contribution in [3.8, 4) is 0 Å². The first-order valence-corrected chi connectivity index (χ1v) is 8.01. The summed E-state index contributed by atoms with van der Waals surface area (Å²) in [7, 11) is 0. The summed E-state index contributed by atoms with van der Waals surface area (Å²) in [5.74, 6) is 3.82. The number of hydrogen-bond acceptors (Lipinski definition) is 4. The van der Waals surface area contributed by atoms with Crippen LogP contribution in [-0.2, 0) is 0 Å². The van der Waals surface area contributed by atoms with Gasteiger partial charge in [0.2, 0.25) is 0 Å². The van der Waals surface area contributed by atoms with Gasteiger partial charge in [0.25, 0.3) is 5.91 Å². The molecule has 5 heteroatoms. The minimum atomic E-state index is -0.0218. The van der Waals surface area contributed by atoms with Crippen LogP contribution >= 0.6 is 11.8 Å². The summed E-state index contributed by atoms with van der Waals surface area (Å²) >= 11 is 1.97. The molecule has 0 bridgehead atoms. The number of thioether (sulfide) groups is 1.